The van der Waals surface area contributed by atoms with Gasteiger partial charge in [0.15, 0.2) is 11.5 Å². The minimum atomic E-state index is -0.0945. The van der Waals surface area contributed by atoms with Gasteiger partial charge in [0, 0.05) is 24.7 Å². The van der Waals surface area contributed by atoms with Crippen molar-refractivity contribution < 1.29 is 19.7 Å². The highest BCUT2D eigenvalue weighted by atomic mass is 35.5. The van der Waals surface area contributed by atoms with E-state index in [9.17, 15) is 5.11 Å². The zero-order valence-electron chi connectivity index (χ0n) is 8.58. The molecule has 5 heteroatoms. The molecule has 1 aromatic rings. The van der Waals surface area contributed by atoms with Crippen LogP contribution in [0.4, 0.5) is 0 Å². The largest absolute Gasteiger partial charge is 0.507 e. The summed E-state index contributed by atoms with van der Waals surface area (Å²) in [6.07, 6.45) is 0.269. The topological polar surface area (TPSA) is 58.9 Å². The van der Waals surface area contributed by atoms with Crippen LogP contribution in [0.25, 0.3) is 0 Å². The van der Waals surface area contributed by atoms with Gasteiger partial charge in [-0.3, -0.25) is 0 Å². The summed E-state index contributed by atoms with van der Waals surface area (Å²) in [4.78, 5) is 0. The quantitative estimate of drug-likeness (QED) is 0.828. The number of aromatic hydroxyl groups is 1. The van der Waals surface area contributed by atoms with Crippen LogP contribution in [0.3, 0.4) is 0 Å². The molecule has 0 aliphatic heterocycles. The summed E-state index contributed by atoms with van der Waals surface area (Å²) in [5, 5.41) is 18.7. The van der Waals surface area contributed by atoms with Crippen molar-refractivity contribution in [3.63, 3.8) is 0 Å². The molecule has 4 nitrogen and oxygen atoms in total. The second-order valence-electron chi connectivity index (χ2n) is 2.90. The highest BCUT2D eigenvalue weighted by Gasteiger charge is 2.17. The number of rotatable bonds is 4. The van der Waals surface area contributed by atoms with Crippen LogP contribution in [0, 0.1) is 0 Å². The summed E-state index contributed by atoms with van der Waals surface area (Å²) in [5.41, 5.74) is 0.455. The van der Waals surface area contributed by atoms with E-state index >= 15 is 0 Å². The Morgan fingerprint density at radius 1 is 1.33 bits per heavy atom. The molecular formula is C10H13ClO4. The van der Waals surface area contributed by atoms with Gasteiger partial charge in [-0.15, -0.1) is 0 Å². The number of hydrogen-bond donors (Lipinski definition) is 2. The SMILES string of the molecule is COc1cc(O)c(CCO)c(Cl)c1OC. The summed E-state index contributed by atoms with van der Waals surface area (Å²) in [5.74, 6) is 0.716. The molecule has 0 unspecified atom stereocenters. The first-order valence-corrected chi connectivity index (χ1v) is 4.76. The van der Waals surface area contributed by atoms with Gasteiger partial charge >= 0.3 is 0 Å². The van der Waals surface area contributed by atoms with Gasteiger partial charge in [-0.2, -0.15) is 0 Å². The number of benzene rings is 1. The molecule has 0 radical (unpaired) electrons. The van der Waals surface area contributed by atoms with Crippen molar-refractivity contribution in [2.75, 3.05) is 20.8 Å². The Morgan fingerprint density at radius 3 is 2.47 bits per heavy atom. The number of phenols is 1. The Labute approximate surface area is 93.0 Å². The van der Waals surface area contributed by atoms with Crippen molar-refractivity contribution in [3.8, 4) is 17.2 Å². The molecular weight excluding hydrogens is 220 g/mol. The van der Waals surface area contributed by atoms with Gasteiger partial charge in [0.1, 0.15) is 5.75 Å². The molecule has 0 saturated heterocycles. The Bertz CT molecular complexity index is 352. The van der Waals surface area contributed by atoms with Crippen LogP contribution < -0.4 is 9.47 Å². The van der Waals surface area contributed by atoms with Crippen LogP contribution in [0.2, 0.25) is 5.02 Å². The third kappa shape index (κ3) is 2.27. The summed E-state index contributed by atoms with van der Waals surface area (Å²) in [7, 11) is 2.92. The lowest BCUT2D eigenvalue weighted by atomic mass is 10.1. The molecule has 0 amide bonds. The van der Waals surface area contributed by atoms with E-state index in [0.29, 0.717) is 17.1 Å². The van der Waals surface area contributed by atoms with E-state index in [4.69, 9.17) is 26.2 Å². The van der Waals surface area contributed by atoms with Crippen molar-refractivity contribution in [1.29, 1.82) is 0 Å². The number of ether oxygens (including phenoxy) is 2. The van der Waals surface area contributed by atoms with E-state index in [1.54, 1.807) is 0 Å². The Balaban J connectivity index is 3.31. The van der Waals surface area contributed by atoms with Gasteiger partial charge in [-0.1, -0.05) is 11.6 Å². The monoisotopic (exact) mass is 232 g/mol. The summed E-state index contributed by atoms with van der Waals surface area (Å²) in [6.45, 7) is -0.0945. The van der Waals surface area contributed by atoms with Crippen LogP contribution in [-0.4, -0.2) is 31.0 Å². The normalized spacial score (nSPS) is 10.1. The van der Waals surface area contributed by atoms with E-state index < -0.39 is 0 Å². The zero-order chi connectivity index (χ0) is 11.4. The molecule has 0 bridgehead atoms. The number of hydrogen-bond acceptors (Lipinski definition) is 4. The number of aliphatic hydroxyl groups is 1. The molecule has 0 atom stereocenters. The predicted molar refractivity (Wildman–Crippen MR) is 57.0 cm³/mol. The first-order chi connectivity index (χ1) is 7.15. The van der Waals surface area contributed by atoms with Crippen LogP contribution in [0.15, 0.2) is 6.07 Å². The van der Waals surface area contributed by atoms with Crippen LogP contribution in [-0.2, 0) is 6.42 Å². The Kier molecular flexibility index (Phi) is 4.05. The maximum absolute atomic E-state index is 9.62. The first kappa shape index (κ1) is 11.9. The highest BCUT2D eigenvalue weighted by Crippen LogP contribution is 2.42. The average Bonchev–Trinajstić information content (AvgIpc) is 2.23. The van der Waals surface area contributed by atoms with Crippen LogP contribution >= 0.6 is 11.6 Å². The van der Waals surface area contributed by atoms with Gasteiger partial charge in [0.2, 0.25) is 0 Å². The molecule has 1 rings (SSSR count). The molecule has 1 aromatic carbocycles. The maximum Gasteiger partial charge on any atom is 0.179 e. The molecule has 0 fully saturated rings. The van der Waals surface area contributed by atoms with Crippen molar-refractivity contribution in [1.82, 2.24) is 0 Å². The highest BCUT2D eigenvalue weighted by molar-refractivity contribution is 6.33. The molecule has 15 heavy (non-hydrogen) atoms. The number of phenolic OH excluding ortho intramolecular Hbond substituents is 1. The average molecular weight is 233 g/mol. The Hall–Kier alpha value is -1.13. The van der Waals surface area contributed by atoms with Gasteiger partial charge in [-0.05, 0) is 0 Å². The van der Waals surface area contributed by atoms with E-state index in [0.717, 1.165) is 0 Å². The van der Waals surface area contributed by atoms with Gasteiger partial charge in [0.25, 0.3) is 0 Å². The number of methoxy groups -OCH3 is 2. The second-order valence-corrected chi connectivity index (χ2v) is 3.28. The van der Waals surface area contributed by atoms with Gasteiger partial charge in [-0.25, -0.2) is 0 Å². The standard InChI is InChI=1S/C10H13ClO4/c1-14-8-5-7(13)6(3-4-12)9(11)10(8)15-2/h5,12-13H,3-4H2,1-2H3. The van der Waals surface area contributed by atoms with Crippen molar-refractivity contribution in [2.45, 2.75) is 6.42 Å². The van der Waals surface area contributed by atoms with Crippen LogP contribution in [0.1, 0.15) is 5.56 Å². The van der Waals surface area contributed by atoms with Crippen molar-refractivity contribution in [3.05, 3.63) is 16.7 Å². The fraction of sp³-hybridized carbons (Fsp3) is 0.400. The fourth-order valence-corrected chi connectivity index (χ4v) is 1.69. The maximum atomic E-state index is 9.62. The molecule has 0 aromatic heterocycles. The second kappa shape index (κ2) is 5.09. The minimum absolute atomic E-state index is 0.00769. The molecule has 84 valence electrons. The van der Waals surface area contributed by atoms with Crippen LogP contribution in [0.5, 0.6) is 17.2 Å². The Morgan fingerprint density at radius 2 is 2.00 bits per heavy atom. The number of aliphatic hydroxyl groups excluding tert-OH is 1. The van der Waals surface area contributed by atoms with Crippen molar-refractivity contribution >= 4 is 11.6 Å². The van der Waals surface area contributed by atoms with E-state index in [-0.39, 0.29) is 23.8 Å². The summed E-state index contributed by atoms with van der Waals surface area (Å²) in [6, 6.07) is 1.41. The van der Waals surface area contributed by atoms with E-state index in [1.807, 2.05) is 0 Å². The molecule has 0 heterocycles. The lowest BCUT2D eigenvalue weighted by Gasteiger charge is -2.13. The molecule has 0 aliphatic carbocycles. The summed E-state index contributed by atoms with van der Waals surface area (Å²) >= 11 is 6.00. The minimum Gasteiger partial charge on any atom is -0.507 e. The molecule has 0 aliphatic rings. The van der Waals surface area contributed by atoms with Crippen molar-refractivity contribution in [2.24, 2.45) is 0 Å². The smallest absolute Gasteiger partial charge is 0.179 e. The molecule has 0 saturated carbocycles. The molecule has 2 N–H and O–H groups in total. The first-order valence-electron chi connectivity index (χ1n) is 4.38. The molecule has 0 spiro atoms. The van der Waals surface area contributed by atoms with Gasteiger partial charge < -0.3 is 19.7 Å². The van der Waals surface area contributed by atoms with E-state index in [1.165, 1.54) is 20.3 Å². The lowest BCUT2D eigenvalue weighted by Crippen LogP contribution is -1.98. The summed E-state index contributed by atoms with van der Waals surface area (Å²) < 4.78 is 10.1. The third-order valence-corrected chi connectivity index (χ3v) is 2.45. The predicted octanol–water partition coefficient (Wildman–Crippen LogP) is 1.60. The zero-order valence-corrected chi connectivity index (χ0v) is 9.34. The fourth-order valence-electron chi connectivity index (χ4n) is 1.33. The lowest BCUT2D eigenvalue weighted by molar-refractivity contribution is 0.296. The number of halogens is 1. The third-order valence-electron chi connectivity index (χ3n) is 2.05. The van der Waals surface area contributed by atoms with Gasteiger partial charge in [0.05, 0.1) is 19.2 Å². The van der Waals surface area contributed by atoms with E-state index in [2.05, 4.69) is 0 Å².